The Hall–Kier alpha value is -1.73. The van der Waals surface area contributed by atoms with Gasteiger partial charge in [-0.2, -0.15) is 4.48 Å². The summed E-state index contributed by atoms with van der Waals surface area (Å²) < 4.78 is 50.2. The number of benzene rings is 1. The summed E-state index contributed by atoms with van der Waals surface area (Å²) in [4.78, 5) is 13.4. The average molecular weight is 651 g/mol. The van der Waals surface area contributed by atoms with E-state index in [1.54, 1.807) is 32.2 Å². The molecule has 2 heterocycles. The highest BCUT2D eigenvalue weighted by atomic mass is 127. The summed E-state index contributed by atoms with van der Waals surface area (Å²) in [7, 11) is -7.46. The second-order valence-electron chi connectivity index (χ2n) is 9.86. The molecule has 10 nitrogen and oxygen atoms in total. The van der Waals surface area contributed by atoms with Crippen LogP contribution in [0.1, 0.15) is 41.0 Å². The Balaban J connectivity index is 2.21. The third-order valence-electron chi connectivity index (χ3n) is 5.86. The van der Waals surface area contributed by atoms with E-state index in [2.05, 4.69) is 30.9 Å². The van der Waals surface area contributed by atoms with Crippen LogP contribution in [0.4, 0.5) is 11.4 Å². The van der Waals surface area contributed by atoms with E-state index in [0.717, 1.165) is 12.3 Å². The quantitative estimate of drug-likeness (QED) is 0.251. The van der Waals surface area contributed by atoms with Gasteiger partial charge < -0.3 is 9.63 Å². The third-order valence-corrected chi connectivity index (χ3v) is 10.0. The largest absolute Gasteiger partial charge is 0.506 e. The summed E-state index contributed by atoms with van der Waals surface area (Å²) in [5.74, 6) is -0.449. The summed E-state index contributed by atoms with van der Waals surface area (Å²) in [6.07, 6.45) is 4.49. The van der Waals surface area contributed by atoms with Crippen molar-refractivity contribution < 1.29 is 31.9 Å². The lowest BCUT2D eigenvalue weighted by molar-refractivity contribution is -0.707. The molecular weight excluding hydrogens is 618 g/mol. The first-order chi connectivity index (χ1) is 16.6. The summed E-state index contributed by atoms with van der Waals surface area (Å²) >= 11 is 1.95. The molecule has 2 N–H and O–H groups in total. The van der Waals surface area contributed by atoms with Crippen LogP contribution < -0.4 is 14.9 Å². The smallest absolute Gasteiger partial charge is 0.354 e. The second kappa shape index (κ2) is 10.2. The molecule has 1 aromatic carbocycles. The lowest BCUT2D eigenvalue weighted by atomic mass is 9.91. The maximum atomic E-state index is 14.2. The summed E-state index contributed by atoms with van der Waals surface area (Å²) in [6, 6.07) is 4.74. The Morgan fingerprint density at radius 1 is 1.28 bits per heavy atom. The maximum absolute atomic E-state index is 14.2. The first-order valence-electron chi connectivity index (χ1n) is 11.5. The van der Waals surface area contributed by atoms with E-state index in [0.29, 0.717) is 27.9 Å². The van der Waals surface area contributed by atoms with Gasteiger partial charge in [0.1, 0.15) is 15.5 Å². The van der Waals surface area contributed by atoms with Crippen molar-refractivity contribution in [3.05, 3.63) is 39.8 Å². The van der Waals surface area contributed by atoms with E-state index in [9.17, 15) is 22.9 Å². The van der Waals surface area contributed by atoms with E-state index in [1.807, 2.05) is 22.6 Å². The number of allylic oxidation sites excluding steroid dienone is 1. The van der Waals surface area contributed by atoms with Gasteiger partial charge in [-0.15, -0.1) is 4.76 Å². The normalized spacial score (nSPS) is 24.3. The van der Waals surface area contributed by atoms with Crippen LogP contribution >= 0.6 is 30.1 Å². The second-order valence-corrected chi connectivity index (χ2v) is 14.9. The maximum Gasteiger partial charge on any atom is 0.354 e. The average Bonchev–Trinajstić information content (AvgIpc) is 2.75. The molecule has 2 atom stereocenters. The molecular formula is C23H33IN4O6PS+. The Morgan fingerprint density at radius 3 is 2.50 bits per heavy atom. The highest BCUT2D eigenvalue weighted by Gasteiger charge is 2.49. The molecule has 13 heteroatoms. The molecule has 2 aliphatic heterocycles. The van der Waals surface area contributed by atoms with Crippen LogP contribution in [0.5, 0.6) is 0 Å². The number of aliphatic hydroxyl groups excluding tert-OH is 1. The molecule has 1 amide bonds. The van der Waals surface area contributed by atoms with E-state index in [1.165, 1.54) is 10.4 Å². The molecule has 36 heavy (non-hydrogen) atoms. The van der Waals surface area contributed by atoms with Gasteiger partial charge in [0.05, 0.1) is 42.2 Å². The fourth-order valence-corrected chi connectivity index (χ4v) is 7.42. The first-order valence-corrected chi connectivity index (χ1v) is 16.0. The molecule has 0 aliphatic carbocycles. The van der Waals surface area contributed by atoms with Crippen molar-refractivity contribution in [2.75, 3.05) is 35.6 Å². The summed E-state index contributed by atoms with van der Waals surface area (Å²) in [5.41, 5.74) is 0.634. The van der Waals surface area contributed by atoms with E-state index >= 15 is 0 Å². The van der Waals surface area contributed by atoms with Crippen LogP contribution in [0, 0.1) is 5.41 Å². The third kappa shape index (κ3) is 5.72. The molecule has 0 fully saturated rings. The molecule has 0 aromatic heterocycles. The fourth-order valence-electron chi connectivity index (χ4n) is 3.98. The van der Waals surface area contributed by atoms with Crippen molar-refractivity contribution in [2.24, 2.45) is 10.2 Å². The Kier molecular flexibility index (Phi) is 8.17. The summed E-state index contributed by atoms with van der Waals surface area (Å²) in [6.45, 7) is 10.2. The zero-order chi connectivity index (χ0) is 27.1. The van der Waals surface area contributed by atoms with Crippen molar-refractivity contribution in [2.45, 2.75) is 41.0 Å². The Labute approximate surface area is 226 Å². The first kappa shape index (κ1) is 28.8. The highest BCUT2D eigenvalue weighted by Crippen LogP contribution is 2.53. The minimum absolute atomic E-state index is 0.0886. The lowest BCUT2D eigenvalue weighted by Crippen LogP contribution is -2.58. The molecule has 2 aliphatic rings. The van der Waals surface area contributed by atoms with Gasteiger partial charge in [-0.25, -0.2) is 13.2 Å². The van der Waals surface area contributed by atoms with Gasteiger partial charge in [0.15, 0.2) is 0 Å². The standard InChI is InChI=1S/C23H32IN4O6PS/c1-7-27(36(6,32)33)16-9-10-18-20(13-16)35(31,34-8-2)26-22(25-18)28(12-11-23(3,4)5)15-17(24)19(29)14-21(28)30/h9-10,13-15H,7-8,11-12H2,1-6H3,(H-,25,26,29,30,31)/p+1. The number of rotatable bonds is 7. The molecule has 2 unspecified atom stereocenters. The fraction of sp³-hybridized carbons (Fsp3) is 0.478. The predicted octanol–water partition coefficient (Wildman–Crippen LogP) is 4.62. The highest BCUT2D eigenvalue weighted by molar-refractivity contribution is 14.1. The van der Waals surface area contributed by atoms with Gasteiger partial charge in [0.2, 0.25) is 10.0 Å². The minimum atomic E-state index is -3.90. The topological polar surface area (TPSA) is 125 Å². The van der Waals surface area contributed by atoms with Gasteiger partial charge in [0.25, 0.3) is 0 Å². The van der Waals surface area contributed by atoms with Crippen LogP contribution in [0.15, 0.2) is 44.6 Å². The van der Waals surface area contributed by atoms with Crippen LogP contribution in [0.2, 0.25) is 0 Å². The Morgan fingerprint density at radius 2 is 1.94 bits per heavy atom. The molecule has 0 bridgehead atoms. The number of quaternary nitrogens is 1. The number of nitrogens with one attached hydrogen (secondary N) is 1. The van der Waals surface area contributed by atoms with Gasteiger partial charge in [-0.05, 0) is 60.1 Å². The number of aliphatic hydroxyl groups is 1. The zero-order valence-electron chi connectivity index (χ0n) is 21.3. The molecule has 198 valence electrons. The minimum Gasteiger partial charge on any atom is -0.506 e. The molecule has 1 aromatic rings. The molecule has 3 rings (SSSR count). The Bertz CT molecular complexity index is 1320. The number of guanidine groups is 1. The number of anilines is 2. The van der Waals surface area contributed by atoms with Gasteiger partial charge in [-0.3, -0.25) is 14.2 Å². The van der Waals surface area contributed by atoms with Crippen LogP contribution in [0.3, 0.4) is 0 Å². The number of carbonyl (C=O) groups is 1. The number of amides is 1. The lowest BCUT2D eigenvalue weighted by Gasteiger charge is -2.37. The van der Waals surface area contributed by atoms with Crippen molar-refractivity contribution in [1.82, 2.24) is 0 Å². The number of hydrogen-bond acceptors (Lipinski definition) is 7. The number of nitrogens with zero attached hydrogens (tertiary/aromatic N) is 3. The van der Waals surface area contributed by atoms with Gasteiger partial charge in [-0.1, -0.05) is 20.8 Å². The van der Waals surface area contributed by atoms with E-state index < -0.39 is 27.9 Å². The van der Waals surface area contributed by atoms with Crippen molar-refractivity contribution in [3.63, 3.8) is 0 Å². The molecule has 0 radical (unpaired) electrons. The number of carbonyl (C=O) groups excluding carboxylic acids is 1. The monoisotopic (exact) mass is 651 g/mol. The van der Waals surface area contributed by atoms with Crippen molar-refractivity contribution in [3.8, 4) is 0 Å². The van der Waals surface area contributed by atoms with Crippen LogP contribution in [-0.2, 0) is 23.9 Å². The van der Waals surface area contributed by atoms with Crippen molar-refractivity contribution in [1.29, 1.82) is 0 Å². The molecule has 0 spiro atoms. The van der Waals surface area contributed by atoms with Crippen molar-refractivity contribution >= 4 is 68.7 Å². The SMILES string of the molecule is CCOP1(=O)N=C([N+]2(CCC(C)(C)C)C=C(I)C(O)=CC2=O)Nc2ccc(N(CC)S(C)(=O)=O)cc21. The van der Waals surface area contributed by atoms with E-state index in [-0.39, 0.29) is 35.6 Å². The molecule has 0 saturated heterocycles. The number of sulfonamides is 1. The van der Waals surface area contributed by atoms with E-state index in [4.69, 9.17) is 4.52 Å². The predicted molar refractivity (Wildman–Crippen MR) is 151 cm³/mol. The number of hydrogen-bond donors (Lipinski definition) is 2. The summed E-state index contributed by atoms with van der Waals surface area (Å²) in [5, 5.41) is 13.6. The zero-order valence-corrected chi connectivity index (χ0v) is 25.1. The van der Waals surface area contributed by atoms with Crippen LogP contribution in [0.25, 0.3) is 0 Å². The van der Waals surface area contributed by atoms with Gasteiger partial charge in [0, 0.05) is 13.0 Å². The number of halogens is 1. The van der Waals surface area contributed by atoms with Gasteiger partial charge >= 0.3 is 19.4 Å². The molecule has 0 saturated carbocycles. The van der Waals surface area contributed by atoms with Crippen LogP contribution in [-0.4, -0.2) is 55.8 Å². The number of fused-ring (bicyclic) bond motifs is 1.